The van der Waals surface area contributed by atoms with Gasteiger partial charge in [-0.05, 0) is 44.0 Å². The number of thioether (sulfide) groups is 1. The maximum Gasteiger partial charge on any atom is 0.00807 e. The monoisotopic (exact) mass is 251 g/mol. The van der Waals surface area contributed by atoms with Crippen molar-refractivity contribution in [1.82, 2.24) is 5.32 Å². The molecule has 0 spiro atoms. The lowest BCUT2D eigenvalue weighted by Gasteiger charge is -2.16. The molecule has 1 aromatic carbocycles. The first-order valence-electron chi connectivity index (χ1n) is 6.46. The first-order chi connectivity index (χ1) is 8.02. The highest BCUT2D eigenvalue weighted by molar-refractivity contribution is 7.99. The summed E-state index contributed by atoms with van der Waals surface area (Å²) in [6.45, 7) is 9.01. The molecule has 1 rings (SSSR count). The van der Waals surface area contributed by atoms with E-state index in [4.69, 9.17) is 0 Å². The molecule has 1 nitrogen and oxygen atoms in total. The maximum atomic E-state index is 3.29. The number of rotatable bonds is 6. The summed E-state index contributed by atoms with van der Waals surface area (Å²) in [6.07, 6.45) is 1.20. The highest BCUT2D eigenvalue weighted by Gasteiger charge is 2.08. The average Bonchev–Trinajstić information content (AvgIpc) is 2.29. The standard InChI is InChI=1S/C15H25NS/c1-11(2)14-6-8-15(9-7-14)17-13(4)10-12(3)16-5/h6-9,11-13,16H,10H2,1-5H3. The lowest BCUT2D eigenvalue weighted by Crippen LogP contribution is -2.24. The third-order valence-corrected chi connectivity index (χ3v) is 4.20. The summed E-state index contributed by atoms with van der Waals surface area (Å²) in [7, 11) is 2.03. The Morgan fingerprint density at radius 2 is 1.65 bits per heavy atom. The second-order valence-corrected chi connectivity index (χ2v) is 6.59. The molecule has 0 fully saturated rings. The van der Waals surface area contributed by atoms with Crippen molar-refractivity contribution in [2.75, 3.05) is 7.05 Å². The van der Waals surface area contributed by atoms with Gasteiger partial charge in [0.05, 0.1) is 0 Å². The number of hydrogen-bond donors (Lipinski definition) is 1. The molecule has 2 unspecified atom stereocenters. The van der Waals surface area contributed by atoms with E-state index in [1.807, 2.05) is 18.8 Å². The lowest BCUT2D eigenvalue weighted by atomic mass is 10.0. The fourth-order valence-electron chi connectivity index (χ4n) is 1.83. The van der Waals surface area contributed by atoms with E-state index in [1.165, 1.54) is 16.9 Å². The molecule has 0 aromatic heterocycles. The maximum absolute atomic E-state index is 3.29. The van der Waals surface area contributed by atoms with E-state index >= 15 is 0 Å². The highest BCUT2D eigenvalue weighted by Crippen LogP contribution is 2.27. The molecule has 0 aliphatic heterocycles. The van der Waals surface area contributed by atoms with Gasteiger partial charge in [0.15, 0.2) is 0 Å². The minimum atomic E-state index is 0.590. The summed E-state index contributed by atoms with van der Waals surface area (Å²) in [5.41, 5.74) is 1.42. The predicted octanol–water partition coefficient (Wildman–Crippen LogP) is 4.29. The van der Waals surface area contributed by atoms with Crippen LogP contribution in [-0.2, 0) is 0 Å². The van der Waals surface area contributed by atoms with Crippen molar-refractivity contribution in [3.05, 3.63) is 29.8 Å². The van der Waals surface area contributed by atoms with Crippen LogP contribution in [-0.4, -0.2) is 18.3 Å². The highest BCUT2D eigenvalue weighted by atomic mass is 32.2. The van der Waals surface area contributed by atoms with Gasteiger partial charge in [0.25, 0.3) is 0 Å². The summed E-state index contributed by atoms with van der Waals surface area (Å²) >= 11 is 1.97. The normalized spacial score (nSPS) is 14.9. The minimum Gasteiger partial charge on any atom is -0.317 e. The molecule has 0 amide bonds. The van der Waals surface area contributed by atoms with Crippen LogP contribution in [0.15, 0.2) is 29.2 Å². The summed E-state index contributed by atoms with van der Waals surface area (Å²) in [5, 5.41) is 3.95. The van der Waals surface area contributed by atoms with Crippen molar-refractivity contribution in [2.45, 2.75) is 56.2 Å². The van der Waals surface area contributed by atoms with E-state index in [1.54, 1.807) is 0 Å². The molecule has 0 heterocycles. The molecule has 0 aliphatic rings. The smallest absolute Gasteiger partial charge is 0.00807 e. The summed E-state index contributed by atoms with van der Waals surface area (Å²) in [6, 6.07) is 9.59. The van der Waals surface area contributed by atoms with E-state index in [2.05, 4.69) is 57.3 Å². The van der Waals surface area contributed by atoms with Crippen LogP contribution in [0.1, 0.15) is 45.6 Å². The van der Waals surface area contributed by atoms with E-state index < -0.39 is 0 Å². The molecule has 0 saturated carbocycles. The molecule has 17 heavy (non-hydrogen) atoms. The molecule has 2 heteroatoms. The Morgan fingerprint density at radius 1 is 1.06 bits per heavy atom. The Labute approximate surface area is 110 Å². The quantitative estimate of drug-likeness (QED) is 0.757. The summed E-state index contributed by atoms with van der Waals surface area (Å²) in [5.74, 6) is 0.621. The molecule has 0 saturated heterocycles. The molecular weight excluding hydrogens is 226 g/mol. The first kappa shape index (κ1) is 14.6. The molecule has 1 aromatic rings. The fraction of sp³-hybridized carbons (Fsp3) is 0.600. The van der Waals surface area contributed by atoms with Crippen molar-refractivity contribution >= 4 is 11.8 Å². The van der Waals surface area contributed by atoms with Gasteiger partial charge in [0.2, 0.25) is 0 Å². The average molecular weight is 251 g/mol. The van der Waals surface area contributed by atoms with Gasteiger partial charge >= 0.3 is 0 Å². The van der Waals surface area contributed by atoms with Crippen molar-refractivity contribution in [3.8, 4) is 0 Å². The van der Waals surface area contributed by atoms with Gasteiger partial charge in [-0.1, -0.05) is 32.9 Å². The second-order valence-electron chi connectivity index (χ2n) is 5.08. The number of nitrogens with one attached hydrogen (secondary N) is 1. The lowest BCUT2D eigenvalue weighted by molar-refractivity contribution is 0.564. The van der Waals surface area contributed by atoms with Crippen molar-refractivity contribution in [2.24, 2.45) is 0 Å². The van der Waals surface area contributed by atoms with Crippen LogP contribution in [0.2, 0.25) is 0 Å². The Balaban J connectivity index is 2.51. The van der Waals surface area contributed by atoms with E-state index in [9.17, 15) is 0 Å². The van der Waals surface area contributed by atoms with Crippen LogP contribution in [0.3, 0.4) is 0 Å². The van der Waals surface area contributed by atoms with Gasteiger partial charge in [0.1, 0.15) is 0 Å². The third-order valence-electron chi connectivity index (χ3n) is 3.06. The second kappa shape index (κ2) is 7.07. The van der Waals surface area contributed by atoms with Crippen LogP contribution < -0.4 is 5.32 Å². The van der Waals surface area contributed by atoms with Crippen molar-refractivity contribution in [3.63, 3.8) is 0 Å². The van der Waals surface area contributed by atoms with E-state index in [0.717, 1.165) is 0 Å². The zero-order valence-electron chi connectivity index (χ0n) is 11.7. The van der Waals surface area contributed by atoms with Crippen LogP contribution in [0.5, 0.6) is 0 Å². The predicted molar refractivity (Wildman–Crippen MR) is 79.0 cm³/mol. The van der Waals surface area contributed by atoms with Gasteiger partial charge in [-0.25, -0.2) is 0 Å². The topological polar surface area (TPSA) is 12.0 Å². The van der Waals surface area contributed by atoms with Crippen molar-refractivity contribution < 1.29 is 0 Å². The van der Waals surface area contributed by atoms with Gasteiger partial charge < -0.3 is 5.32 Å². The fourth-order valence-corrected chi connectivity index (χ4v) is 2.97. The van der Waals surface area contributed by atoms with Crippen LogP contribution >= 0.6 is 11.8 Å². The van der Waals surface area contributed by atoms with E-state index in [-0.39, 0.29) is 0 Å². The Morgan fingerprint density at radius 3 is 2.12 bits per heavy atom. The number of hydrogen-bond acceptors (Lipinski definition) is 2. The van der Waals surface area contributed by atoms with Crippen LogP contribution in [0, 0.1) is 0 Å². The van der Waals surface area contributed by atoms with E-state index in [0.29, 0.717) is 17.2 Å². The first-order valence-corrected chi connectivity index (χ1v) is 7.34. The molecular formula is C15H25NS. The van der Waals surface area contributed by atoms with Crippen molar-refractivity contribution in [1.29, 1.82) is 0 Å². The zero-order chi connectivity index (χ0) is 12.8. The summed E-state index contributed by atoms with van der Waals surface area (Å²) in [4.78, 5) is 1.38. The minimum absolute atomic E-state index is 0.590. The Hall–Kier alpha value is -0.470. The van der Waals surface area contributed by atoms with Gasteiger partial charge in [-0.3, -0.25) is 0 Å². The summed E-state index contributed by atoms with van der Waals surface area (Å²) < 4.78 is 0. The molecule has 1 N–H and O–H groups in total. The SMILES string of the molecule is CNC(C)CC(C)Sc1ccc(C(C)C)cc1. The van der Waals surface area contributed by atoms with Crippen LogP contribution in [0.4, 0.5) is 0 Å². The molecule has 2 atom stereocenters. The molecule has 0 radical (unpaired) electrons. The number of benzene rings is 1. The van der Waals surface area contributed by atoms with Gasteiger partial charge in [0, 0.05) is 16.2 Å². The molecule has 0 aliphatic carbocycles. The Bertz CT molecular complexity index is 318. The molecule has 96 valence electrons. The Kier molecular flexibility index (Phi) is 6.07. The third kappa shape index (κ3) is 5.13. The van der Waals surface area contributed by atoms with Gasteiger partial charge in [-0.2, -0.15) is 0 Å². The largest absolute Gasteiger partial charge is 0.317 e. The zero-order valence-corrected chi connectivity index (χ0v) is 12.5. The molecule has 0 bridgehead atoms. The van der Waals surface area contributed by atoms with Crippen LogP contribution in [0.25, 0.3) is 0 Å². The van der Waals surface area contributed by atoms with Gasteiger partial charge in [-0.15, -0.1) is 11.8 Å².